The fraction of sp³-hybridized carbons (Fsp3) is 0.278. The monoisotopic (exact) mass is 376 g/mol. The second kappa shape index (κ2) is 8.70. The number of likely N-dealkylation sites (N-methyl/N-ethyl adjacent to an activating group) is 1. The minimum absolute atomic E-state index is 0.0524. The maximum Gasteiger partial charge on any atom is 0.238 e. The Labute approximate surface area is 145 Å². The third kappa shape index (κ3) is 5.08. The van der Waals surface area contributed by atoms with Crippen LogP contribution in [0.25, 0.3) is 0 Å². The molecule has 0 atom stereocenters. The SMILES string of the molecule is CCN(CC(=O)Nc1ccccc1OC)Cc1ccccc1Br. The van der Waals surface area contributed by atoms with E-state index < -0.39 is 0 Å². The van der Waals surface area contributed by atoms with Crippen molar-refractivity contribution in [1.82, 2.24) is 4.90 Å². The van der Waals surface area contributed by atoms with E-state index in [0.717, 1.165) is 17.6 Å². The number of anilines is 1. The average molecular weight is 377 g/mol. The molecule has 0 fully saturated rings. The van der Waals surface area contributed by atoms with Crippen LogP contribution in [-0.2, 0) is 11.3 Å². The number of para-hydroxylation sites is 2. The van der Waals surface area contributed by atoms with Crippen molar-refractivity contribution in [3.8, 4) is 5.75 Å². The van der Waals surface area contributed by atoms with Crippen molar-refractivity contribution in [3.63, 3.8) is 0 Å². The number of carbonyl (C=O) groups is 1. The normalized spacial score (nSPS) is 10.6. The molecule has 0 radical (unpaired) electrons. The zero-order chi connectivity index (χ0) is 16.7. The number of nitrogens with one attached hydrogen (secondary N) is 1. The maximum atomic E-state index is 12.3. The predicted molar refractivity (Wildman–Crippen MR) is 96.7 cm³/mol. The Kier molecular flexibility index (Phi) is 6.62. The maximum absolute atomic E-state index is 12.3. The van der Waals surface area contributed by atoms with E-state index in [4.69, 9.17) is 4.74 Å². The van der Waals surface area contributed by atoms with Crippen LogP contribution in [0.2, 0.25) is 0 Å². The van der Waals surface area contributed by atoms with Gasteiger partial charge in [-0.15, -0.1) is 0 Å². The number of carbonyl (C=O) groups excluding carboxylic acids is 1. The molecule has 0 aromatic heterocycles. The summed E-state index contributed by atoms with van der Waals surface area (Å²) in [6.45, 7) is 3.89. The molecule has 2 aromatic rings. The van der Waals surface area contributed by atoms with Crippen molar-refractivity contribution < 1.29 is 9.53 Å². The standard InChI is InChI=1S/C18H21BrN2O2/c1-3-21(12-14-8-4-5-9-15(14)19)13-18(22)20-16-10-6-7-11-17(16)23-2/h4-11H,3,12-13H2,1-2H3,(H,20,22). The number of amides is 1. The zero-order valence-corrected chi connectivity index (χ0v) is 15.0. The first kappa shape index (κ1) is 17.5. The Hall–Kier alpha value is -1.85. The van der Waals surface area contributed by atoms with Crippen molar-refractivity contribution in [2.45, 2.75) is 13.5 Å². The highest BCUT2D eigenvalue weighted by Gasteiger charge is 2.12. The molecular weight excluding hydrogens is 356 g/mol. The van der Waals surface area contributed by atoms with Gasteiger partial charge in [0.1, 0.15) is 5.75 Å². The highest BCUT2D eigenvalue weighted by atomic mass is 79.9. The van der Waals surface area contributed by atoms with Crippen molar-refractivity contribution in [1.29, 1.82) is 0 Å². The van der Waals surface area contributed by atoms with Gasteiger partial charge in [0.2, 0.25) is 5.91 Å². The number of methoxy groups -OCH3 is 1. The van der Waals surface area contributed by atoms with Gasteiger partial charge in [0.25, 0.3) is 0 Å². The molecule has 0 unspecified atom stereocenters. The quantitative estimate of drug-likeness (QED) is 0.795. The molecule has 0 aliphatic carbocycles. The second-order valence-corrected chi connectivity index (χ2v) is 6.00. The van der Waals surface area contributed by atoms with E-state index in [-0.39, 0.29) is 5.91 Å². The van der Waals surface area contributed by atoms with Gasteiger partial charge in [-0.1, -0.05) is 53.2 Å². The van der Waals surface area contributed by atoms with Crippen molar-refractivity contribution >= 4 is 27.5 Å². The van der Waals surface area contributed by atoms with Crippen LogP contribution in [0.1, 0.15) is 12.5 Å². The Morgan fingerprint density at radius 1 is 1.17 bits per heavy atom. The molecule has 0 saturated carbocycles. The van der Waals surface area contributed by atoms with Gasteiger partial charge >= 0.3 is 0 Å². The Balaban J connectivity index is 1.98. The van der Waals surface area contributed by atoms with Gasteiger partial charge in [0.05, 0.1) is 19.3 Å². The summed E-state index contributed by atoms with van der Waals surface area (Å²) in [7, 11) is 1.59. The van der Waals surface area contributed by atoms with Crippen LogP contribution in [0.4, 0.5) is 5.69 Å². The summed E-state index contributed by atoms with van der Waals surface area (Å²) in [4.78, 5) is 14.4. The molecule has 1 N–H and O–H groups in total. The lowest BCUT2D eigenvalue weighted by Crippen LogP contribution is -2.32. The summed E-state index contributed by atoms with van der Waals surface area (Å²) >= 11 is 3.55. The lowest BCUT2D eigenvalue weighted by molar-refractivity contribution is -0.117. The van der Waals surface area contributed by atoms with Crippen LogP contribution < -0.4 is 10.1 Å². The summed E-state index contributed by atoms with van der Waals surface area (Å²) in [5.74, 6) is 0.609. The van der Waals surface area contributed by atoms with E-state index in [2.05, 4.69) is 32.2 Å². The number of hydrogen-bond acceptors (Lipinski definition) is 3. The largest absolute Gasteiger partial charge is 0.495 e. The smallest absolute Gasteiger partial charge is 0.238 e. The number of benzene rings is 2. The second-order valence-electron chi connectivity index (χ2n) is 5.14. The molecule has 0 aliphatic heterocycles. The molecule has 2 rings (SSSR count). The Bertz CT molecular complexity index is 661. The van der Waals surface area contributed by atoms with E-state index in [1.54, 1.807) is 7.11 Å². The molecule has 4 nitrogen and oxygen atoms in total. The summed E-state index contributed by atoms with van der Waals surface area (Å²) in [6, 6.07) is 15.5. The summed E-state index contributed by atoms with van der Waals surface area (Å²) in [6.07, 6.45) is 0. The first-order chi connectivity index (χ1) is 11.1. The molecule has 0 heterocycles. The summed E-state index contributed by atoms with van der Waals surface area (Å²) in [5, 5.41) is 2.91. The van der Waals surface area contributed by atoms with Crippen molar-refractivity contribution in [2.75, 3.05) is 25.5 Å². The zero-order valence-electron chi connectivity index (χ0n) is 13.4. The molecule has 0 spiro atoms. The van der Waals surface area contributed by atoms with E-state index in [9.17, 15) is 4.79 Å². The van der Waals surface area contributed by atoms with E-state index >= 15 is 0 Å². The van der Waals surface area contributed by atoms with Gasteiger partial charge in [0, 0.05) is 11.0 Å². The number of halogens is 1. The van der Waals surface area contributed by atoms with E-state index in [0.29, 0.717) is 18.0 Å². The van der Waals surface area contributed by atoms with E-state index in [1.807, 2.05) is 49.4 Å². The molecule has 23 heavy (non-hydrogen) atoms. The number of ether oxygens (including phenoxy) is 1. The van der Waals surface area contributed by atoms with Gasteiger partial charge in [-0.05, 0) is 30.3 Å². The molecule has 2 aromatic carbocycles. The third-order valence-corrected chi connectivity index (χ3v) is 4.32. The molecule has 0 aliphatic rings. The van der Waals surface area contributed by atoms with Crippen LogP contribution in [-0.4, -0.2) is 31.0 Å². The van der Waals surface area contributed by atoms with Crippen LogP contribution >= 0.6 is 15.9 Å². The Morgan fingerprint density at radius 3 is 2.57 bits per heavy atom. The lowest BCUT2D eigenvalue weighted by Gasteiger charge is -2.21. The highest BCUT2D eigenvalue weighted by molar-refractivity contribution is 9.10. The van der Waals surface area contributed by atoms with Gasteiger partial charge in [-0.25, -0.2) is 0 Å². The predicted octanol–water partition coefficient (Wildman–Crippen LogP) is 3.92. The minimum atomic E-state index is -0.0524. The van der Waals surface area contributed by atoms with Gasteiger partial charge in [-0.3, -0.25) is 9.69 Å². The third-order valence-electron chi connectivity index (χ3n) is 3.55. The molecule has 0 bridgehead atoms. The molecule has 1 amide bonds. The first-order valence-corrected chi connectivity index (χ1v) is 8.32. The van der Waals surface area contributed by atoms with Gasteiger partial charge < -0.3 is 10.1 Å². The highest BCUT2D eigenvalue weighted by Crippen LogP contribution is 2.23. The van der Waals surface area contributed by atoms with Crippen LogP contribution in [0, 0.1) is 0 Å². The molecular formula is C18H21BrN2O2. The number of hydrogen-bond donors (Lipinski definition) is 1. The summed E-state index contributed by atoms with van der Waals surface area (Å²) < 4.78 is 6.31. The van der Waals surface area contributed by atoms with Crippen molar-refractivity contribution in [3.05, 3.63) is 58.6 Å². The van der Waals surface area contributed by atoms with Gasteiger partial charge in [0.15, 0.2) is 0 Å². The molecule has 0 saturated heterocycles. The van der Waals surface area contributed by atoms with Crippen LogP contribution in [0.15, 0.2) is 53.0 Å². The molecule has 5 heteroatoms. The van der Waals surface area contributed by atoms with Crippen LogP contribution in [0.3, 0.4) is 0 Å². The fourth-order valence-corrected chi connectivity index (χ4v) is 2.70. The number of rotatable bonds is 7. The average Bonchev–Trinajstić information content (AvgIpc) is 2.56. The number of nitrogens with zero attached hydrogens (tertiary/aromatic N) is 1. The first-order valence-electron chi connectivity index (χ1n) is 7.52. The van der Waals surface area contributed by atoms with Crippen LogP contribution in [0.5, 0.6) is 5.75 Å². The fourth-order valence-electron chi connectivity index (χ4n) is 2.29. The molecule has 122 valence electrons. The van der Waals surface area contributed by atoms with Gasteiger partial charge in [-0.2, -0.15) is 0 Å². The minimum Gasteiger partial charge on any atom is -0.495 e. The van der Waals surface area contributed by atoms with Crippen molar-refractivity contribution in [2.24, 2.45) is 0 Å². The van der Waals surface area contributed by atoms with E-state index in [1.165, 1.54) is 5.56 Å². The topological polar surface area (TPSA) is 41.6 Å². The summed E-state index contributed by atoms with van der Waals surface area (Å²) in [5.41, 5.74) is 1.86. The lowest BCUT2D eigenvalue weighted by atomic mass is 10.2. The Morgan fingerprint density at radius 2 is 1.87 bits per heavy atom.